The summed E-state index contributed by atoms with van der Waals surface area (Å²) in [6.45, 7) is -3.19. The van der Waals surface area contributed by atoms with Gasteiger partial charge in [-0.05, 0) is 55.7 Å². The molecule has 0 saturated heterocycles. The molecule has 2 aliphatic rings. The number of alkyl halides is 2. The van der Waals surface area contributed by atoms with Gasteiger partial charge in [0.05, 0.1) is 17.3 Å². The van der Waals surface area contributed by atoms with Gasteiger partial charge in [-0.2, -0.15) is 14.0 Å². The van der Waals surface area contributed by atoms with E-state index in [-0.39, 0.29) is 41.5 Å². The molecule has 1 aromatic carbocycles. The Kier molecular flexibility index (Phi) is 6.09. The first-order valence-electron chi connectivity index (χ1n) is 9.14. The van der Waals surface area contributed by atoms with Crippen molar-refractivity contribution in [3.05, 3.63) is 23.8 Å². The van der Waals surface area contributed by atoms with E-state index in [0.717, 1.165) is 37.8 Å². The second-order valence-electron chi connectivity index (χ2n) is 7.18. The van der Waals surface area contributed by atoms with Gasteiger partial charge < -0.3 is 20.5 Å². The van der Waals surface area contributed by atoms with Gasteiger partial charge in [0, 0.05) is 18.6 Å². The third-order valence-electron chi connectivity index (χ3n) is 5.11. The second kappa shape index (κ2) is 8.52. The zero-order valence-corrected chi connectivity index (χ0v) is 15.0. The Labute approximate surface area is 160 Å². The maximum atomic E-state index is 12.6. The van der Waals surface area contributed by atoms with E-state index >= 15 is 0 Å². The van der Waals surface area contributed by atoms with Crippen molar-refractivity contribution in [2.24, 2.45) is 17.8 Å². The number of ether oxygens (including phenoxy) is 1. The molecule has 0 bridgehead atoms. The van der Waals surface area contributed by atoms with Gasteiger partial charge in [-0.1, -0.05) is 0 Å². The van der Waals surface area contributed by atoms with Gasteiger partial charge in [0.25, 0.3) is 0 Å². The monoisotopic (exact) mass is 393 g/mol. The van der Waals surface area contributed by atoms with Crippen LogP contribution in [0.25, 0.3) is 0 Å². The van der Waals surface area contributed by atoms with Crippen LogP contribution in [0.4, 0.5) is 14.5 Å². The largest absolute Gasteiger partial charge is 0.433 e. The van der Waals surface area contributed by atoms with Crippen LogP contribution >= 0.6 is 0 Å². The van der Waals surface area contributed by atoms with E-state index in [2.05, 4.69) is 15.4 Å². The lowest BCUT2D eigenvalue weighted by atomic mass is 9.91. The molecule has 0 aromatic heterocycles. The number of carbonyl (C=O) groups excluding carboxylic acids is 2. The van der Waals surface area contributed by atoms with Gasteiger partial charge in [0.1, 0.15) is 5.75 Å². The zero-order valence-electron chi connectivity index (χ0n) is 15.0. The lowest BCUT2D eigenvalue weighted by Crippen LogP contribution is -2.48. The van der Waals surface area contributed by atoms with Crippen LogP contribution in [0.1, 0.15) is 31.2 Å². The van der Waals surface area contributed by atoms with Crippen LogP contribution < -0.4 is 15.4 Å². The maximum absolute atomic E-state index is 12.6. The van der Waals surface area contributed by atoms with E-state index in [1.54, 1.807) is 0 Å². The highest BCUT2D eigenvalue weighted by Gasteiger charge is 2.44. The zero-order chi connectivity index (χ0) is 20.3. The molecule has 28 heavy (non-hydrogen) atoms. The Morgan fingerprint density at radius 2 is 1.89 bits per heavy atom. The summed E-state index contributed by atoms with van der Waals surface area (Å²) in [5.41, 5.74) is -0.0781. The molecule has 0 spiro atoms. The van der Waals surface area contributed by atoms with Crippen molar-refractivity contribution in [1.29, 1.82) is 5.26 Å². The van der Waals surface area contributed by atoms with Crippen LogP contribution in [-0.2, 0) is 9.59 Å². The number of aliphatic hydroxyl groups is 1. The topological polar surface area (TPSA) is 111 Å². The molecule has 2 fully saturated rings. The van der Waals surface area contributed by atoms with E-state index < -0.39 is 18.4 Å². The van der Waals surface area contributed by atoms with Crippen LogP contribution in [0.5, 0.6) is 5.75 Å². The Hall–Kier alpha value is -2.73. The van der Waals surface area contributed by atoms with Crippen molar-refractivity contribution in [1.82, 2.24) is 5.32 Å². The lowest BCUT2D eigenvalue weighted by Gasteiger charge is -2.26. The van der Waals surface area contributed by atoms with E-state index in [0.29, 0.717) is 5.92 Å². The molecule has 9 heteroatoms. The van der Waals surface area contributed by atoms with Crippen LogP contribution in [0.2, 0.25) is 0 Å². The number of aliphatic hydroxyl groups excluding tert-OH is 1. The summed E-state index contributed by atoms with van der Waals surface area (Å²) in [7, 11) is 0. The third-order valence-corrected chi connectivity index (χ3v) is 5.11. The summed E-state index contributed by atoms with van der Waals surface area (Å²) in [6, 6.07) is 5.07. The van der Waals surface area contributed by atoms with E-state index in [4.69, 9.17) is 5.26 Å². The average molecular weight is 393 g/mol. The predicted molar refractivity (Wildman–Crippen MR) is 94.4 cm³/mol. The molecule has 2 amide bonds. The van der Waals surface area contributed by atoms with Crippen molar-refractivity contribution in [3.63, 3.8) is 0 Å². The smallest absolute Gasteiger partial charge is 0.387 e. The summed E-state index contributed by atoms with van der Waals surface area (Å²) < 4.78 is 29.4. The van der Waals surface area contributed by atoms with Crippen molar-refractivity contribution in [3.8, 4) is 11.8 Å². The molecule has 2 saturated carbocycles. The summed E-state index contributed by atoms with van der Waals surface area (Å²) in [5, 5.41) is 23.6. The minimum atomic E-state index is -3.12. The van der Waals surface area contributed by atoms with E-state index in [1.807, 2.05) is 6.07 Å². The van der Waals surface area contributed by atoms with E-state index in [9.17, 15) is 23.5 Å². The fourth-order valence-corrected chi connectivity index (χ4v) is 3.40. The predicted octanol–water partition coefficient (Wildman–Crippen LogP) is 2.01. The van der Waals surface area contributed by atoms with Crippen LogP contribution in [0.3, 0.4) is 0 Å². The van der Waals surface area contributed by atoms with Gasteiger partial charge in [-0.3, -0.25) is 9.59 Å². The van der Waals surface area contributed by atoms with Gasteiger partial charge >= 0.3 is 18.4 Å². The fourth-order valence-electron chi connectivity index (χ4n) is 3.40. The Morgan fingerprint density at radius 1 is 1.21 bits per heavy atom. The van der Waals surface area contributed by atoms with Gasteiger partial charge in [0.2, 0.25) is 0 Å². The maximum Gasteiger partial charge on any atom is 0.387 e. The molecule has 1 aromatic rings. The second-order valence-corrected chi connectivity index (χ2v) is 7.18. The summed E-state index contributed by atoms with van der Waals surface area (Å²) >= 11 is 0. The molecule has 7 nitrogen and oxygen atoms in total. The molecule has 0 aliphatic heterocycles. The molecule has 3 rings (SSSR count). The first-order chi connectivity index (χ1) is 13.4. The number of halogens is 2. The molecule has 2 aliphatic carbocycles. The molecule has 0 radical (unpaired) electrons. The van der Waals surface area contributed by atoms with Crippen LogP contribution in [-0.4, -0.2) is 36.2 Å². The first-order valence-corrected chi connectivity index (χ1v) is 9.14. The summed E-state index contributed by atoms with van der Waals surface area (Å²) in [5.74, 6) is -1.83. The summed E-state index contributed by atoms with van der Waals surface area (Å²) in [4.78, 5) is 24.7. The Bertz CT molecular complexity index is 788. The highest BCUT2D eigenvalue weighted by atomic mass is 19.3. The number of hydrogen-bond donors (Lipinski definition) is 3. The van der Waals surface area contributed by atoms with Crippen molar-refractivity contribution in [2.75, 3.05) is 11.9 Å². The SMILES string of the molecule is N#Cc1ccc(OC(F)F)c(NC(=O)C(=O)NC(C2CC2)C(CO)C2CC2)c1. The number of benzene rings is 1. The highest BCUT2D eigenvalue weighted by Crippen LogP contribution is 2.45. The molecule has 0 heterocycles. The third kappa shape index (κ3) is 4.95. The number of anilines is 1. The molecular weight excluding hydrogens is 372 g/mol. The molecule has 150 valence electrons. The minimum Gasteiger partial charge on any atom is -0.433 e. The molecule has 3 N–H and O–H groups in total. The normalized spacial score (nSPS) is 18.1. The van der Waals surface area contributed by atoms with Gasteiger partial charge in [-0.25, -0.2) is 0 Å². The van der Waals surface area contributed by atoms with E-state index in [1.165, 1.54) is 6.07 Å². The Balaban J connectivity index is 1.69. The minimum absolute atomic E-state index is 0.0652. The lowest BCUT2D eigenvalue weighted by molar-refractivity contribution is -0.137. The number of nitrogens with one attached hydrogen (secondary N) is 2. The highest BCUT2D eigenvalue weighted by molar-refractivity contribution is 6.39. The quantitative estimate of drug-likeness (QED) is 0.585. The Morgan fingerprint density at radius 3 is 2.43 bits per heavy atom. The van der Waals surface area contributed by atoms with Crippen molar-refractivity contribution in [2.45, 2.75) is 38.3 Å². The molecular formula is C19H21F2N3O4. The standard InChI is InChI=1S/C19H21F2N3O4/c20-19(21)28-15-6-1-10(8-22)7-14(15)23-17(26)18(27)24-16(12-4-5-12)13(9-25)11-2-3-11/h1,6-7,11-13,16,19,25H,2-5,9H2,(H,23,26)(H,24,27). The van der Waals surface area contributed by atoms with Gasteiger partial charge in [0.15, 0.2) is 0 Å². The first kappa shape index (κ1) is 20.0. The molecule has 2 unspecified atom stereocenters. The number of hydrogen-bond acceptors (Lipinski definition) is 5. The van der Waals surface area contributed by atoms with Crippen LogP contribution in [0, 0.1) is 29.1 Å². The molecule has 2 atom stereocenters. The van der Waals surface area contributed by atoms with Crippen molar-refractivity contribution < 1.29 is 28.2 Å². The van der Waals surface area contributed by atoms with Crippen molar-refractivity contribution >= 4 is 17.5 Å². The van der Waals surface area contributed by atoms with Gasteiger partial charge in [-0.15, -0.1) is 0 Å². The average Bonchev–Trinajstić information content (AvgIpc) is 3.55. The number of amides is 2. The number of carbonyl (C=O) groups is 2. The number of nitriles is 1. The number of rotatable bonds is 8. The number of nitrogens with zero attached hydrogens (tertiary/aromatic N) is 1. The summed E-state index contributed by atoms with van der Waals surface area (Å²) in [6.07, 6.45) is 3.83. The van der Waals surface area contributed by atoms with Crippen LogP contribution in [0.15, 0.2) is 18.2 Å². The fraction of sp³-hybridized carbons (Fsp3) is 0.526.